The minimum absolute atomic E-state index is 0.799. The van der Waals surface area contributed by atoms with Gasteiger partial charge in [0.2, 0.25) is 0 Å². The van der Waals surface area contributed by atoms with E-state index in [0.717, 1.165) is 10.4 Å². The van der Waals surface area contributed by atoms with Gasteiger partial charge in [-0.3, -0.25) is 4.66 Å². The predicted molar refractivity (Wildman–Crippen MR) is 25.0 cm³/mol. The molecule has 22 valence electrons. The zero-order valence-electron chi connectivity index (χ0n) is 2.36. The van der Waals surface area contributed by atoms with Crippen molar-refractivity contribution in [3.8, 4) is 0 Å². The van der Waals surface area contributed by atoms with Crippen LogP contribution in [-0.4, -0.2) is 15.6 Å². The maximum absolute atomic E-state index is 4.17. The third-order valence-corrected chi connectivity index (χ3v) is 0.822. The Bertz CT molecular complexity index is 46.0. The molecule has 0 saturated heterocycles. The van der Waals surface area contributed by atoms with E-state index < -0.39 is 0 Å². The molecule has 0 aromatic heterocycles. The van der Waals surface area contributed by atoms with Gasteiger partial charge in [-0.1, -0.05) is 0 Å². The molecule has 0 aromatic rings. The van der Waals surface area contributed by atoms with E-state index >= 15 is 0 Å². The van der Waals surface area contributed by atoms with Crippen molar-refractivity contribution in [3.05, 3.63) is 0 Å². The van der Waals surface area contributed by atoms with Gasteiger partial charge < -0.3 is 0 Å². The Kier molecular flexibility index (Phi) is 3.03. The molecule has 0 amide bonds. The highest BCUT2D eigenvalue weighted by Crippen LogP contribution is 1.33. The van der Waals surface area contributed by atoms with Crippen molar-refractivity contribution in [3.63, 3.8) is 0 Å². The van der Waals surface area contributed by atoms with Gasteiger partial charge in [-0.15, -0.1) is 0 Å². The van der Waals surface area contributed by atoms with Gasteiger partial charge in [0.05, 0.1) is 0 Å². The van der Waals surface area contributed by atoms with E-state index in [2.05, 4.69) is 22.0 Å². The number of rotatable bonds is 0. The number of thiocarbonyl (C=S) groups is 1. The van der Waals surface area contributed by atoms with Crippen molar-refractivity contribution in [1.29, 1.82) is 0 Å². The second-order valence-electron chi connectivity index (χ2n) is 0.315. The van der Waals surface area contributed by atoms with Gasteiger partial charge >= 0.3 is 0 Å². The highest BCUT2D eigenvalue weighted by Gasteiger charge is 1.25. The molecule has 0 rings (SSSR count). The van der Waals surface area contributed by atoms with Gasteiger partial charge in [0.15, 0.2) is 0 Å². The smallest absolute Gasteiger partial charge is 0.148 e. The summed E-state index contributed by atoms with van der Waals surface area (Å²) >= 11 is 4.17. The molecule has 0 saturated carbocycles. The fourth-order valence-corrected chi connectivity index (χ4v) is 0. The predicted octanol–water partition coefficient (Wildman–Crippen LogP) is -0.630. The van der Waals surface area contributed by atoms with Gasteiger partial charge in [-0.2, -0.15) is 0 Å². The number of hydrogen-bond acceptors (Lipinski definition) is 2. The summed E-state index contributed by atoms with van der Waals surface area (Å²) in [5.41, 5.74) is 0. The molecule has 0 spiro atoms. The molecule has 0 unspecified atom stereocenters. The van der Waals surface area contributed by atoms with E-state index in [1.54, 1.807) is 0 Å². The first-order chi connectivity index (χ1) is 1.91. The average Bonchev–Trinajstić information content (AvgIpc) is 1.37. The van der Waals surface area contributed by atoms with Crippen molar-refractivity contribution in [2.45, 2.75) is 0 Å². The van der Waals surface area contributed by atoms with Crippen LogP contribution in [-0.2, 0) is 0 Å². The fraction of sp³-hybridized carbons (Fsp3) is 0. The van der Waals surface area contributed by atoms with Gasteiger partial charge in [0, 0.05) is 5.16 Å². The summed E-state index contributed by atoms with van der Waals surface area (Å²) in [4.78, 5) is 0. The van der Waals surface area contributed by atoms with E-state index in [-0.39, 0.29) is 0 Å². The Morgan fingerprint density at radius 1 is 2.00 bits per heavy atom. The Hall–Kier alpha value is 0.0169. The Labute approximate surface area is 33.2 Å². The molecule has 1 nitrogen and oxygen atoms in total. The third-order valence-electron chi connectivity index (χ3n) is 0.0913. The summed E-state index contributed by atoms with van der Waals surface area (Å²) in [6.07, 6.45) is 0. The molecule has 0 aliphatic rings. The molecule has 0 aliphatic carbocycles. The summed E-state index contributed by atoms with van der Waals surface area (Å²) in [7, 11) is 0.799. The van der Waals surface area contributed by atoms with Crippen LogP contribution in [0.4, 0.5) is 0 Å². The lowest BCUT2D eigenvalue weighted by Crippen LogP contribution is -1.39. The summed E-state index contributed by atoms with van der Waals surface area (Å²) < 4.78 is 3.44. The monoisotopic (exact) mass is 89.0 g/mol. The summed E-state index contributed by atoms with van der Waals surface area (Å²) in [5, 5.41) is 2.20. The zero-order valence-corrected chi connectivity index (χ0v) is 5.17. The lowest BCUT2D eigenvalue weighted by atomic mass is 11.8. The third kappa shape index (κ3) is 2.02. The van der Waals surface area contributed by atoms with Gasteiger partial charge in [0.25, 0.3) is 0 Å². The van der Waals surface area contributed by atoms with Crippen molar-refractivity contribution < 1.29 is 0 Å². The molecule has 0 aromatic carbocycles. The number of hydrogen-bond donors (Lipinski definition) is 0. The van der Waals surface area contributed by atoms with Crippen LogP contribution in [0.1, 0.15) is 0 Å². The largest absolute Gasteiger partial charge is 0.286 e. The molecule has 4 heavy (non-hydrogen) atoms. The van der Waals surface area contributed by atoms with Crippen LogP contribution in [0.2, 0.25) is 0 Å². The van der Waals surface area contributed by atoms with Crippen LogP contribution >= 0.6 is 12.2 Å². The van der Waals surface area contributed by atoms with Gasteiger partial charge in [-0.25, -0.2) is 0 Å². The summed E-state index contributed by atoms with van der Waals surface area (Å²) in [6.45, 7) is 0. The number of isothiocyanates is 1. The highest BCUT2D eigenvalue weighted by atomic mass is 32.1. The number of nitrogens with zero attached hydrogens (tertiary/aromatic N) is 1. The normalized spacial score (nSPS) is 5.00. The molecule has 0 aliphatic heterocycles. The van der Waals surface area contributed by atoms with Crippen molar-refractivity contribution in [2.24, 2.45) is 4.66 Å². The van der Waals surface area contributed by atoms with Crippen LogP contribution in [0, 0.1) is 0 Å². The lowest BCUT2D eigenvalue weighted by Gasteiger charge is -1.39. The summed E-state index contributed by atoms with van der Waals surface area (Å²) in [6, 6.07) is 0. The minimum atomic E-state index is 0.799. The molecule has 0 heterocycles. The Morgan fingerprint density at radius 2 is 2.25 bits per heavy atom. The first kappa shape index (κ1) is 4.02. The topological polar surface area (TPSA) is 12.4 Å². The van der Waals surface area contributed by atoms with Crippen LogP contribution in [0.3, 0.4) is 0 Å². The Balaban J connectivity index is 3.11. The van der Waals surface area contributed by atoms with E-state index in [0.29, 0.717) is 0 Å². The van der Waals surface area contributed by atoms with Crippen LogP contribution < -0.4 is 0 Å². The second-order valence-corrected chi connectivity index (χ2v) is 0.945. The standard InChI is InChI=1S/CH3NSSi/c3-1-2-4/h4H3. The second kappa shape index (κ2) is 3.02. The van der Waals surface area contributed by atoms with E-state index in [1.165, 1.54) is 0 Å². The first-order valence-corrected chi connectivity index (χ1v) is 2.18. The van der Waals surface area contributed by atoms with Crippen molar-refractivity contribution in [2.75, 3.05) is 0 Å². The zero-order chi connectivity index (χ0) is 3.41. The molecule has 0 N–H and O–H groups in total. The van der Waals surface area contributed by atoms with Crippen LogP contribution in [0.5, 0.6) is 0 Å². The quantitative estimate of drug-likeness (QED) is 0.219. The highest BCUT2D eigenvalue weighted by molar-refractivity contribution is 7.78. The van der Waals surface area contributed by atoms with E-state index in [9.17, 15) is 0 Å². The minimum Gasteiger partial charge on any atom is -0.286 e. The van der Waals surface area contributed by atoms with Crippen LogP contribution in [0.25, 0.3) is 0 Å². The summed E-state index contributed by atoms with van der Waals surface area (Å²) in [5.74, 6) is 0. The Morgan fingerprint density at radius 3 is 2.25 bits per heavy atom. The molecule has 0 radical (unpaired) electrons. The maximum Gasteiger partial charge on any atom is 0.148 e. The molecule has 0 atom stereocenters. The molecule has 0 bridgehead atoms. The van der Waals surface area contributed by atoms with Crippen molar-refractivity contribution >= 4 is 27.8 Å². The first-order valence-electron chi connectivity index (χ1n) is 0.875. The van der Waals surface area contributed by atoms with Gasteiger partial charge in [-0.05, 0) is 12.2 Å². The van der Waals surface area contributed by atoms with E-state index in [4.69, 9.17) is 0 Å². The fourth-order valence-electron chi connectivity index (χ4n) is 0. The molecule has 3 heteroatoms. The average molecular weight is 89.2 g/mol. The SMILES string of the molecule is [SiH3]N=C=S. The van der Waals surface area contributed by atoms with E-state index in [1.807, 2.05) is 0 Å². The van der Waals surface area contributed by atoms with Gasteiger partial charge in [0.1, 0.15) is 10.4 Å². The lowest BCUT2D eigenvalue weighted by molar-refractivity contribution is 1.99. The molecular formula is CH3NSSi. The van der Waals surface area contributed by atoms with Crippen LogP contribution in [0.15, 0.2) is 4.66 Å². The maximum atomic E-state index is 4.17. The molecular weight excluding hydrogens is 86.2 g/mol. The molecule has 0 fully saturated rings. The van der Waals surface area contributed by atoms with Crippen molar-refractivity contribution in [1.82, 2.24) is 0 Å².